The van der Waals surface area contributed by atoms with E-state index in [2.05, 4.69) is 15.0 Å². The number of ether oxygens (including phenoxy) is 1. The van der Waals surface area contributed by atoms with Crippen molar-refractivity contribution in [3.8, 4) is 11.4 Å². The van der Waals surface area contributed by atoms with E-state index in [0.717, 1.165) is 12.1 Å². The molecule has 0 bridgehead atoms. The maximum absolute atomic E-state index is 9.35. The van der Waals surface area contributed by atoms with E-state index in [0.29, 0.717) is 36.5 Å². The summed E-state index contributed by atoms with van der Waals surface area (Å²) < 4.78 is 10.6. The first-order chi connectivity index (χ1) is 10.3. The molecule has 0 spiro atoms. The van der Waals surface area contributed by atoms with Gasteiger partial charge in [0.15, 0.2) is 0 Å². The largest absolute Gasteiger partial charge is 0.395 e. The highest BCUT2D eigenvalue weighted by molar-refractivity contribution is 6.30. The number of benzene rings is 1. The van der Waals surface area contributed by atoms with Crippen molar-refractivity contribution in [3.05, 3.63) is 35.2 Å². The summed E-state index contributed by atoms with van der Waals surface area (Å²) >= 11 is 5.96. The molecule has 7 heteroatoms. The monoisotopic (exact) mass is 309 g/mol. The summed E-state index contributed by atoms with van der Waals surface area (Å²) in [6, 6.07) is 7.29. The Morgan fingerprint density at radius 3 is 3.14 bits per heavy atom. The molecule has 0 amide bonds. The maximum Gasteiger partial charge on any atom is 0.241 e. The topological polar surface area (TPSA) is 71.6 Å². The van der Waals surface area contributed by atoms with E-state index in [1.807, 2.05) is 12.1 Å². The summed E-state index contributed by atoms with van der Waals surface area (Å²) in [4.78, 5) is 6.47. The first-order valence-corrected chi connectivity index (χ1v) is 7.15. The summed E-state index contributed by atoms with van der Waals surface area (Å²) in [6.07, 6.45) is 0. The number of rotatable bonds is 4. The number of hydrogen-bond donors (Lipinski definition) is 1. The molecule has 6 nitrogen and oxygen atoms in total. The summed E-state index contributed by atoms with van der Waals surface area (Å²) in [6.45, 7) is 2.45. The number of morpholine rings is 1. The zero-order valence-electron chi connectivity index (χ0n) is 11.4. The van der Waals surface area contributed by atoms with Gasteiger partial charge in [0.25, 0.3) is 0 Å². The fraction of sp³-hybridized carbons (Fsp3) is 0.429. The van der Waals surface area contributed by atoms with Crippen molar-refractivity contribution >= 4 is 11.6 Å². The lowest BCUT2D eigenvalue weighted by molar-refractivity contribution is -0.0348. The second-order valence-corrected chi connectivity index (χ2v) is 5.34. The highest BCUT2D eigenvalue weighted by Crippen LogP contribution is 2.20. The van der Waals surface area contributed by atoms with Gasteiger partial charge in [-0.25, -0.2) is 0 Å². The van der Waals surface area contributed by atoms with Crippen LogP contribution < -0.4 is 0 Å². The number of aliphatic hydroxyl groups is 1. The maximum atomic E-state index is 9.35. The molecule has 0 saturated carbocycles. The Morgan fingerprint density at radius 1 is 1.43 bits per heavy atom. The van der Waals surface area contributed by atoms with Crippen molar-refractivity contribution in [3.63, 3.8) is 0 Å². The minimum absolute atomic E-state index is 0.0275. The van der Waals surface area contributed by atoms with Crippen LogP contribution in [-0.4, -0.2) is 52.6 Å². The van der Waals surface area contributed by atoms with Gasteiger partial charge >= 0.3 is 0 Å². The lowest BCUT2D eigenvalue weighted by Gasteiger charge is -2.33. The van der Waals surface area contributed by atoms with Crippen LogP contribution in [0.15, 0.2) is 28.8 Å². The van der Waals surface area contributed by atoms with Crippen LogP contribution in [0.1, 0.15) is 5.89 Å². The van der Waals surface area contributed by atoms with Crippen LogP contribution in [0.2, 0.25) is 5.02 Å². The molecule has 21 heavy (non-hydrogen) atoms. The Morgan fingerprint density at radius 2 is 2.33 bits per heavy atom. The smallest absolute Gasteiger partial charge is 0.241 e. The molecule has 2 aromatic rings. The van der Waals surface area contributed by atoms with Gasteiger partial charge in [0.1, 0.15) is 0 Å². The number of halogens is 1. The highest BCUT2D eigenvalue weighted by Gasteiger charge is 2.24. The van der Waals surface area contributed by atoms with Gasteiger partial charge in [0.05, 0.1) is 32.4 Å². The third kappa shape index (κ3) is 3.41. The van der Waals surface area contributed by atoms with Crippen LogP contribution in [0.3, 0.4) is 0 Å². The van der Waals surface area contributed by atoms with Crippen LogP contribution in [0.5, 0.6) is 0 Å². The van der Waals surface area contributed by atoms with Crippen LogP contribution in [0.25, 0.3) is 11.4 Å². The molecular weight excluding hydrogens is 294 g/mol. The minimum atomic E-state index is -0.0275. The first kappa shape index (κ1) is 14.5. The molecule has 1 N–H and O–H groups in total. The fourth-order valence-corrected chi connectivity index (χ4v) is 2.49. The van der Waals surface area contributed by atoms with E-state index in [1.165, 1.54) is 0 Å². The van der Waals surface area contributed by atoms with E-state index >= 15 is 0 Å². The Hall–Kier alpha value is -1.47. The molecule has 1 aliphatic heterocycles. The molecule has 1 aliphatic rings. The Balaban J connectivity index is 1.73. The minimum Gasteiger partial charge on any atom is -0.395 e. The van der Waals surface area contributed by atoms with E-state index in [9.17, 15) is 5.11 Å². The second kappa shape index (κ2) is 6.53. The van der Waals surface area contributed by atoms with Crippen LogP contribution in [-0.2, 0) is 11.3 Å². The van der Waals surface area contributed by atoms with E-state index in [1.54, 1.807) is 12.1 Å². The molecule has 0 aliphatic carbocycles. The van der Waals surface area contributed by atoms with Crippen LogP contribution in [0, 0.1) is 0 Å². The molecule has 1 aromatic heterocycles. The molecule has 1 atom stereocenters. The molecular formula is C14H16ClN3O3. The second-order valence-electron chi connectivity index (χ2n) is 4.90. The molecule has 112 valence electrons. The van der Waals surface area contributed by atoms with Gasteiger partial charge < -0.3 is 14.4 Å². The Labute approximate surface area is 127 Å². The summed E-state index contributed by atoms with van der Waals surface area (Å²) in [5, 5.41) is 14.0. The van der Waals surface area contributed by atoms with E-state index in [-0.39, 0.29) is 12.6 Å². The third-order valence-corrected chi connectivity index (χ3v) is 3.68. The van der Waals surface area contributed by atoms with Gasteiger partial charge in [0, 0.05) is 17.1 Å². The summed E-state index contributed by atoms with van der Waals surface area (Å²) in [5.41, 5.74) is 0.818. The van der Waals surface area contributed by atoms with Crippen LogP contribution in [0.4, 0.5) is 0 Å². The molecule has 2 heterocycles. The quantitative estimate of drug-likeness (QED) is 0.924. The SMILES string of the molecule is OCC1COCCN1Cc1nc(-c2cccc(Cl)c2)no1. The normalized spacial score (nSPS) is 19.8. The highest BCUT2D eigenvalue weighted by atomic mass is 35.5. The van der Waals surface area contributed by atoms with Gasteiger partial charge in [-0.15, -0.1) is 0 Å². The van der Waals surface area contributed by atoms with Gasteiger partial charge in [-0.3, -0.25) is 4.90 Å². The van der Waals surface area contributed by atoms with Gasteiger partial charge in [-0.1, -0.05) is 28.9 Å². The summed E-state index contributed by atoms with van der Waals surface area (Å²) in [7, 11) is 0. The van der Waals surface area contributed by atoms with Gasteiger partial charge in [-0.2, -0.15) is 4.98 Å². The number of nitrogens with zero attached hydrogens (tertiary/aromatic N) is 3. The zero-order valence-corrected chi connectivity index (χ0v) is 12.2. The van der Waals surface area contributed by atoms with E-state index in [4.69, 9.17) is 20.9 Å². The van der Waals surface area contributed by atoms with Gasteiger partial charge in [-0.05, 0) is 12.1 Å². The molecule has 1 aromatic carbocycles. The standard InChI is InChI=1S/C14H16ClN3O3/c15-11-3-1-2-10(6-11)14-16-13(21-17-14)7-18-4-5-20-9-12(18)8-19/h1-3,6,12,19H,4-5,7-9H2. The number of aromatic nitrogens is 2. The van der Waals surface area contributed by atoms with Gasteiger partial charge in [0.2, 0.25) is 11.7 Å². The zero-order chi connectivity index (χ0) is 14.7. The van der Waals surface area contributed by atoms with Crippen molar-refractivity contribution in [1.29, 1.82) is 0 Å². The average Bonchev–Trinajstić information content (AvgIpc) is 2.96. The van der Waals surface area contributed by atoms with Crippen molar-refractivity contribution in [1.82, 2.24) is 15.0 Å². The molecule has 1 fully saturated rings. The Kier molecular flexibility index (Phi) is 4.50. The Bertz CT molecular complexity index is 605. The number of hydrogen-bond acceptors (Lipinski definition) is 6. The predicted molar refractivity (Wildman–Crippen MR) is 76.8 cm³/mol. The third-order valence-electron chi connectivity index (χ3n) is 3.45. The van der Waals surface area contributed by atoms with Crippen molar-refractivity contribution in [2.75, 3.05) is 26.4 Å². The fourth-order valence-electron chi connectivity index (χ4n) is 2.30. The molecule has 3 rings (SSSR count). The van der Waals surface area contributed by atoms with Crippen molar-refractivity contribution in [2.45, 2.75) is 12.6 Å². The summed E-state index contributed by atoms with van der Waals surface area (Å²) in [5.74, 6) is 1.03. The predicted octanol–water partition coefficient (Wildman–Crippen LogP) is 1.58. The van der Waals surface area contributed by atoms with Crippen LogP contribution >= 0.6 is 11.6 Å². The molecule has 0 radical (unpaired) electrons. The molecule has 1 unspecified atom stereocenters. The van der Waals surface area contributed by atoms with Crippen molar-refractivity contribution in [2.24, 2.45) is 0 Å². The first-order valence-electron chi connectivity index (χ1n) is 6.77. The van der Waals surface area contributed by atoms with Crippen molar-refractivity contribution < 1.29 is 14.4 Å². The molecule has 1 saturated heterocycles. The average molecular weight is 310 g/mol. The number of aliphatic hydroxyl groups excluding tert-OH is 1. The lowest BCUT2D eigenvalue weighted by Crippen LogP contribution is -2.46. The van der Waals surface area contributed by atoms with E-state index < -0.39 is 0 Å². The lowest BCUT2D eigenvalue weighted by atomic mass is 10.2.